The van der Waals surface area contributed by atoms with Crippen LogP contribution in [0, 0.1) is 0 Å². The summed E-state index contributed by atoms with van der Waals surface area (Å²) in [4.78, 5) is 27.6. The van der Waals surface area contributed by atoms with Gasteiger partial charge in [0, 0.05) is 29.3 Å². The number of pyridine rings is 1. The van der Waals surface area contributed by atoms with Crippen LogP contribution in [0.3, 0.4) is 0 Å². The van der Waals surface area contributed by atoms with Crippen LogP contribution in [0.15, 0.2) is 55.0 Å². The fourth-order valence-electron chi connectivity index (χ4n) is 4.72. The molecular formula is C25H23F3N8O3. The lowest BCUT2D eigenvalue weighted by atomic mass is 10.1. The summed E-state index contributed by atoms with van der Waals surface area (Å²) in [6.45, 7) is 0.374. The average molecular weight is 541 g/mol. The minimum absolute atomic E-state index is 0.0803. The van der Waals surface area contributed by atoms with Gasteiger partial charge in [0.15, 0.2) is 11.5 Å². The molecule has 2 aliphatic rings. The van der Waals surface area contributed by atoms with E-state index >= 15 is 0 Å². The van der Waals surface area contributed by atoms with Crippen molar-refractivity contribution in [3.05, 3.63) is 55.0 Å². The van der Waals surface area contributed by atoms with E-state index in [-0.39, 0.29) is 23.6 Å². The molecule has 5 heterocycles. The summed E-state index contributed by atoms with van der Waals surface area (Å²) < 4.78 is 52.2. The molecule has 0 saturated carbocycles. The Morgan fingerprint density at radius 1 is 0.923 bits per heavy atom. The number of rotatable bonds is 5. The summed E-state index contributed by atoms with van der Waals surface area (Å²) >= 11 is 0. The Kier molecular flexibility index (Phi) is 6.48. The number of fused-ring (bicyclic) bond motifs is 3. The number of nitrogens with zero attached hydrogens (tertiary/aromatic N) is 6. The van der Waals surface area contributed by atoms with Crippen molar-refractivity contribution in [3.63, 3.8) is 0 Å². The summed E-state index contributed by atoms with van der Waals surface area (Å²) in [5.74, 6) is 0.726. The molecule has 2 saturated heterocycles. The predicted molar refractivity (Wildman–Crippen MR) is 135 cm³/mol. The topological polar surface area (TPSA) is 119 Å². The molecule has 0 aliphatic carbocycles. The van der Waals surface area contributed by atoms with Gasteiger partial charge in [-0.2, -0.15) is 18.3 Å². The van der Waals surface area contributed by atoms with Crippen molar-refractivity contribution in [3.8, 4) is 11.4 Å². The first-order valence-corrected chi connectivity index (χ1v) is 12.2. The van der Waals surface area contributed by atoms with Gasteiger partial charge in [0.25, 0.3) is 0 Å². The number of benzene rings is 1. The molecule has 11 nitrogen and oxygen atoms in total. The highest BCUT2D eigenvalue weighted by molar-refractivity contribution is 5.99. The molecular weight excluding hydrogens is 517 g/mol. The molecule has 39 heavy (non-hydrogen) atoms. The highest BCUT2D eigenvalue weighted by Crippen LogP contribution is 2.34. The van der Waals surface area contributed by atoms with Crippen molar-refractivity contribution in [1.82, 2.24) is 24.7 Å². The van der Waals surface area contributed by atoms with E-state index in [1.165, 1.54) is 6.20 Å². The maximum absolute atomic E-state index is 13.3. The summed E-state index contributed by atoms with van der Waals surface area (Å²) in [5, 5.41) is 9.85. The summed E-state index contributed by atoms with van der Waals surface area (Å²) in [6, 6.07) is 9.32. The monoisotopic (exact) mass is 540 g/mol. The number of carbonyl (C=O) groups is 1. The number of alkyl halides is 3. The van der Waals surface area contributed by atoms with Gasteiger partial charge in [-0.3, -0.25) is 4.98 Å². The van der Waals surface area contributed by atoms with E-state index in [1.54, 1.807) is 48.8 Å². The Morgan fingerprint density at radius 2 is 1.54 bits per heavy atom. The normalized spacial score (nSPS) is 19.2. The van der Waals surface area contributed by atoms with Gasteiger partial charge < -0.3 is 25.0 Å². The summed E-state index contributed by atoms with van der Waals surface area (Å²) in [7, 11) is 0. The largest absolute Gasteiger partial charge is 0.408 e. The number of hydrogen-bond donors (Lipinski definition) is 2. The third-order valence-corrected chi connectivity index (χ3v) is 6.42. The third-order valence-electron chi connectivity index (χ3n) is 6.42. The van der Waals surface area contributed by atoms with E-state index in [1.807, 2.05) is 0 Å². The van der Waals surface area contributed by atoms with Gasteiger partial charge in [-0.1, -0.05) is 0 Å². The second-order valence-corrected chi connectivity index (χ2v) is 9.21. The van der Waals surface area contributed by atoms with Gasteiger partial charge in [-0.15, -0.1) is 0 Å². The molecule has 14 heteroatoms. The highest BCUT2D eigenvalue weighted by atomic mass is 19.4. The fourth-order valence-corrected chi connectivity index (χ4v) is 4.72. The maximum atomic E-state index is 13.3. The van der Waals surface area contributed by atoms with Crippen LogP contribution in [0.4, 0.5) is 35.2 Å². The van der Waals surface area contributed by atoms with Crippen LogP contribution in [-0.2, 0) is 16.0 Å². The fraction of sp³-hybridized carbons (Fsp3) is 0.320. The van der Waals surface area contributed by atoms with E-state index in [4.69, 9.17) is 14.5 Å². The lowest BCUT2D eigenvalue weighted by Crippen LogP contribution is -2.60. The molecule has 3 aromatic heterocycles. The van der Waals surface area contributed by atoms with Gasteiger partial charge >= 0.3 is 12.2 Å². The minimum Gasteiger partial charge on any atom is -0.377 e. The second kappa shape index (κ2) is 10.1. The Morgan fingerprint density at radius 3 is 2.15 bits per heavy atom. The van der Waals surface area contributed by atoms with Gasteiger partial charge in [0.2, 0.25) is 0 Å². The van der Waals surface area contributed by atoms with Gasteiger partial charge in [0.1, 0.15) is 12.4 Å². The van der Waals surface area contributed by atoms with E-state index in [2.05, 4.69) is 30.6 Å². The smallest absolute Gasteiger partial charge is 0.377 e. The van der Waals surface area contributed by atoms with Crippen LogP contribution in [0.1, 0.15) is 0 Å². The van der Waals surface area contributed by atoms with E-state index in [0.717, 1.165) is 4.68 Å². The summed E-state index contributed by atoms with van der Waals surface area (Å²) in [5.41, 5.74) is 1.74. The van der Waals surface area contributed by atoms with Gasteiger partial charge in [-0.25, -0.2) is 19.4 Å². The predicted octanol–water partition coefficient (Wildman–Crippen LogP) is 3.70. The standard InChI is InChI=1S/C25H23F3N8O3/c26-25(27,28)14-35-22-20(9-30-35)23(36-18-10-38-12-19(36)13-39-11-18)34-21(33-22)15-1-3-16(4-2-15)31-24(37)32-17-5-7-29-8-6-17/h1-9,18-19H,10-14H2,(H2,29,31,32,37). The Hall–Kier alpha value is -4.30. The number of urea groups is 1. The lowest BCUT2D eigenvalue weighted by Gasteiger charge is -2.46. The molecule has 0 unspecified atom stereocenters. The minimum atomic E-state index is -4.47. The molecule has 0 spiro atoms. The number of amides is 2. The maximum Gasteiger partial charge on any atom is 0.408 e. The first-order valence-electron chi connectivity index (χ1n) is 12.2. The average Bonchev–Trinajstić information content (AvgIpc) is 3.30. The zero-order chi connectivity index (χ0) is 27.0. The molecule has 0 radical (unpaired) electrons. The molecule has 2 bridgehead atoms. The molecule has 202 valence electrons. The quantitative estimate of drug-likeness (QED) is 0.394. The Bertz CT molecular complexity index is 1460. The molecule has 0 atom stereocenters. The van der Waals surface area contributed by atoms with Crippen molar-refractivity contribution in [2.24, 2.45) is 0 Å². The zero-order valence-corrected chi connectivity index (χ0v) is 20.4. The van der Waals surface area contributed by atoms with Crippen molar-refractivity contribution in [1.29, 1.82) is 0 Å². The SMILES string of the molecule is O=C(Nc1ccncc1)Nc1ccc(-c2nc(N3C4COCC3COC4)c3cnn(CC(F)(F)F)c3n2)cc1. The van der Waals surface area contributed by atoms with Crippen LogP contribution < -0.4 is 15.5 Å². The molecule has 2 aliphatic heterocycles. The number of nitrogens with one attached hydrogen (secondary N) is 2. The van der Waals surface area contributed by atoms with Crippen molar-refractivity contribution in [2.75, 3.05) is 42.0 Å². The molecule has 4 aromatic rings. The third kappa shape index (κ3) is 5.33. The van der Waals surface area contributed by atoms with Gasteiger partial charge in [-0.05, 0) is 36.4 Å². The van der Waals surface area contributed by atoms with Crippen LogP contribution in [0.5, 0.6) is 0 Å². The number of carbonyl (C=O) groups excluding carboxylic acids is 1. The first kappa shape index (κ1) is 25.0. The second-order valence-electron chi connectivity index (χ2n) is 9.21. The Balaban J connectivity index is 1.33. The van der Waals surface area contributed by atoms with Gasteiger partial charge in [0.05, 0.1) is 50.1 Å². The van der Waals surface area contributed by atoms with Crippen LogP contribution in [0.2, 0.25) is 0 Å². The number of morpholine rings is 2. The van der Waals surface area contributed by atoms with Crippen LogP contribution >= 0.6 is 0 Å². The summed E-state index contributed by atoms with van der Waals surface area (Å²) in [6.07, 6.45) is 0.0267. The molecule has 2 N–H and O–H groups in total. The number of aromatic nitrogens is 5. The molecule has 2 amide bonds. The number of anilines is 3. The zero-order valence-electron chi connectivity index (χ0n) is 20.4. The molecule has 2 fully saturated rings. The van der Waals surface area contributed by atoms with Crippen molar-refractivity contribution in [2.45, 2.75) is 24.8 Å². The van der Waals surface area contributed by atoms with E-state index < -0.39 is 18.8 Å². The van der Waals surface area contributed by atoms with E-state index in [9.17, 15) is 18.0 Å². The number of ether oxygens (including phenoxy) is 2. The first-order chi connectivity index (χ1) is 18.8. The Labute approximate surface area is 220 Å². The van der Waals surface area contributed by atoms with E-state index in [0.29, 0.717) is 54.6 Å². The lowest BCUT2D eigenvalue weighted by molar-refractivity contribution is -0.141. The van der Waals surface area contributed by atoms with Crippen molar-refractivity contribution >= 4 is 34.3 Å². The highest BCUT2D eigenvalue weighted by Gasteiger charge is 2.38. The molecule has 1 aromatic carbocycles. The number of halogens is 3. The van der Waals surface area contributed by atoms with Crippen molar-refractivity contribution < 1.29 is 27.4 Å². The van der Waals surface area contributed by atoms with Crippen LogP contribution in [0.25, 0.3) is 22.4 Å². The number of hydrogen-bond acceptors (Lipinski definition) is 8. The van der Waals surface area contributed by atoms with Crippen LogP contribution in [-0.4, -0.2) is 75.5 Å². The molecule has 6 rings (SSSR count).